The molecule has 0 bridgehead atoms. The first-order valence-electron chi connectivity index (χ1n) is 4.75. The van der Waals surface area contributed by atoms with E-state index in [1.54, 1.807) is 0 Å². The first-order chi connectivity index (χ1) is 6.59. The van der Waals surface area contributed by atoms with Gasteiger partial charge in [-0.3, -0.25) is 0 Å². The van der Waals surface area contributed by atoms with E-state index in [4.69, 9.17) is 4.74 Å². The molecule has 1 aromatic rings. The Bertz CT molecular complexity index is 385. The van der Waals surface area contributed by atoms with E-state index in [1.807, 2.05) is 50.3 Å². The van der Waals surface area contributed by atoms with Crippen LogP contribution >= 0.6 is 0 Å². The molecule has 0 aliphatic carbocycles. The van der Waals surface area contributed by atoms with Crippen LogP contribution in [0.25, 0.3) is 5.76 Å². The van der Waals surface area contributed by atoms with Gasteiger partial charge >= 0.3 is 0 Å². The normalized spacial score (nSPS) is 19.0. The molecule has 0 aromatic heterocycles. The Balaban J connectivity index is 2.33. The van der Waals surface area contributed by atoms with Gasteiger partial charge in [0.25, 0.3) is 0 Å². The van der Waals surface area contributed by atoms with Crippen LogP contribution in [0.5, 0.6) is 0 Å². The van der Waals surface area contributed by atoms with Gasteiger partial charge in [-0.15, -0.1) is 0 Å². The average molecular weight is 186 g/mol. The van der Waals surface area contributed by atoms with Crippen molar-refractivity contribution in [2.45, 2.75) is 19.4 Å². The third kappa shape index (κ3) is 1.46. The second-order valence-corrected chi connectivity index (χ2v) is 4.01. The molecule has 1 heterocycles. The van der Waals surface area contributed by atoms with Crippen molar-refractivity contribution in [2.24, 2.45) is 0 Å². The highest BCUT2D eigenvalue weighted by atomic mass is 16.5. The standard InChI is InChI=1S/C13H14O/c1-10-9-12(14-13(10,2)3)11-7-5-4-6-8-11/h4-9H,1H2,2-3H3. The van der Waals surface area contributed by atoms with Crippen molar-refractivity contribution >= 4 is 5.76 Å². The van der Waals surface area contributed by atoms with Gasteiger partial charge in [-0.05, 0) is 25.5 Å². The fourth-order valence-corrected chi connectivity index (χ4v) is 1.45. The molecule has 0 N–H and O–H groups in total. The van der Waals surface area contributed by atoms with E-state index in [0.29, 0.717) is 0 Å². The molecular weight excluding hydrogens is 172 g/mol. The summed E-state index contributed by atoms with van der Waals surface area (Å²) in [6, 6.07) is 10.1. The summed E-state index contributed by atoms with van der Waals surface area (Å²) in [5.41, 5.74) is 1.88. The molecule has 0 saturated heterocycles. The van der Waals surface area contributed by atoms with Crippen LogP contribution in [-0.2, 0) is 4.74 Å². The van der Waals surface area contributed by atoms with E-state index >= 15 is 0 Å². The molecule has 0 unspecified atom stereocenters. The molecule has 2 rings (SSSR count). The zero-order chi connectivity index (χ0) is 10.2. The molecule has 0 amide bonds. The summed E-state index contributed by atoms with van der Waals surface area (Å²) in [6.07, 6.45) is 2.01. The Morgan fingerprint density at radius 3 is 2.29 bits per heavy atom. The maximum atomic E-state index is 5.81. The van der Waals surface area contributed by atoms with Crippen molar-refractivity contribution in [3.63, 3.8) is 0 Å². The summed E-state index contributed by atoms with van der Waals surface area (Å²) >= 11 is 0. The highest BCUT2D eigenvalue weighted by molar-refractivity contribution is 5.67. The first kappa shape index (κ1) is 9.07. The topological polar surface area (TPSA) is 9.23 Å². The lowest BCUT2D eigenvalue weighted by molar-refractivity contribution is 0.133. The second-order valence-electron chi connectivity index (χ2n) is 4.01. The van der Waals surface area contributed by atoms with Crippen LogP contribution in [0.2, 0.25) is 0 Å². The lowest BCUT2D eigenvalue weighted by atomic mass is 10.0. The molecule has 1 aromatic carbocycles. The number of hydrogen-bond acceptors (Lipinski definition) is 1. The van der Waals surface area contributed by atoms with E-state index in [9.17, 15) is 0 Å². The summed E-state index contributed by atoms with van der Waals surface area (Å²) < 4.78 is 5.81. The van der Waals surface area contributed by atoms with Crippen molar-refractivity contribution in [3.8, 4) is 0 Å². The van der Waals surface area contributed by atoms with Crippen molar-refractivity contribution in [2.75, 3.05) is 0 Å². The molecule has 0 saturated carbocycles. The molecular formula is C13H14O. The van der Waals surface area contributed by atoms with Gasteiger partial charge in [0.15, 0.2) is 0 Å². The third-order valence-electron chi connectivity index (χ3n) is 2.50. The second kappa shape index (κ2) is 3.02. The molecule has 1 aliphatic heterocycles. The van der Waals surface area contributed by atoms with E-state index < -0.39 is 0 Å². The van der Waals surface area contributed by atoms with Gasteiger partial charge in [0, 0.05) is 5.56 Å². The zero-order valence-corrected chi connectivity index (χ0v) is 8.58. The van der Waals surface area contributed by atoms with Gasteiger partial charge in [-0.2, -0.15) is 0 Å². The lowest BCUT2D eigenvalue weighted by Gasteiger charge is -2.21. The van der Waals surface area contributed by atoms with Crippen LogP contribution in [0, 0.1) is 0 Å². The van der Waals surface area contributed by atoms with Gasteiger partial charge in [0.2, 0.25) is 0 Å². The summed E-state index contributed by atoms with van der Waals surface area (Å²) in [5, 5.41) is 0. The van der Waals surface area contributed by atoms with E-state index in [0.717, 1.165) is 16.9 Å². The van der Waals surface area contributed by atoms with Gasteiger partial charge in [-0.25, -0.2) is 0 Å². The summed E-state index contributed by atoms with van der Waals surface area (Å²) in [4.78, 5) is 0. The molecule has 1 nitrogen and oxygen atoms in total. The van der Waals surface area contributed by atoms with E-state index in [2.05, 4.69) is 6.58 Å². The van der Waals surface area contributed by atoms with Crippen molar-refractivity contribution < 1.29 is 4.74 Å². The fourth-order valence-electron chi connectivity index (χ4n) is 1.45. The molecule has 0 spiro atoms. The Labute approximate surface area is 84.7 Å². The minimum atomic E-state index is -0.259. The van der Waals surface area contributed by atoms with Crippen LogP contribution in [0.15, 0.2) is 48.6 Å². The van der Waals surface area contributed by atoms with Gasteiger partial charge in [-0.1, -0.05) is 36.9 Å². The van der Waals surface area contributed by atoms with E-state index in [1.165, 1.54) is 0 Å². The van der Waals surface area contributed by atoms with Crippen molar-refractivity contribution in [1.82, 2.24) is 0 Å². The SMILES string of the molecule is C=C1C=C(c2ccccc2)OC1(C)C. The van der Waals surface area contributed by atoms with Gasteiger partial charge in [0.05, 0.1) is 0 Å². The molecule has 0 radical (unpaired) electrons. The fraction of sp³-hybridized carbons (Fsp3) is 0.231. The van der Waals surface area contributed by atoms with Crippen LogP contribution in [0.4, 0.5) is 0 Å². The van der Waals surface area contributed by atoms with E-state index in [-0.39, 0.29) is 5.60 Å². The molecule has 1 aliphatic rings. The highest BCUT2D eigenvalue weighted by Gasteiger charge is 2.30. The number of benzene rings is 1. The van der Waals surface area contributed by atoms with Gasteiger partial charge < -0.3 is 4.74 Å². The Morgan fingerprint density at radius 1 is 1.14 bits per heavy atom. The average Bonchev–Trinajstić information content (AvgIpc) is 2.43. The summed E-state index contributed by atoms with van der Waals surface area (Å²) in [5.74, 6) is 0.917. The Hall–Kier alpha value is -1.50. The van der Waals surface area contributed by atoms with Crippen LogP contribution < -0.4 is 0 Å². The molecule has 14 heavy (non-hydrogen) atoms. The molecule has 0 atom stereocenters. The quantitative estimate of drug-likeness (QED) is 0.653. The van der Waals surface area contributed by atoms with Crippen LogP contribution in [0.1, 0.15) is 19.4 Å². The molecule has 1 heteroatoms. The molecule has 72 valence electrons. The smallest absolute Gasteiger partial charge is 0.128 e. The van der Waals surface area contributed by atoms with Crippen LogP contribution in [0.3, 0.4) is 0 Å². The maximum Gasteiger partial charge on any atom is 0.128 e. The minimum absolute atomic E-state index is 0.259. The predicted molar refractivity (Wildman–Crippen MR) is 58.7 cm³/mol. The number of rotatable bonds is 1. The Kier molecular flexibility index (Phi) is 1.95. The Morgan fingerprint density at radius 2 is 1.79 bits per heavy atom. The predicted octanol–water partition coefficient (Wildman–Crippen LogP) is 3.39. The van der Waals surface area contributed by atoms with Gasteiger partial charge in [0.1, 0.15) is 11.4 Å². The summed E-state index contributed by atoms with van der Waals surface area (Å²) in [7, 11) is 0. The zero-order valence-electron chi connectivity index (χ0n) is 8.58. The number of hydrogen-bond donors (Lipinski definition) is 0. The largest absolute Gasteiger partial charge is 0.483 e. The first-order valence-corrected chi connectivity index (χ1v) is 4.75. The maximum absolute atomic E-state index is 5.81. The van der Waals surface area contributed by atoms with Crippen LogP contribution in [-0.4, -0.2) is 5.60 Å². The monoisotopic (exact) mass is 186 g/mol. The van der Waals surface area contributed by atoms with Crippen molar-refractivity contribution in [3.05, 3.63) is 54.1 Å². The highest BCUT2D eigenvalue weighted by Crippen LogP contribution is 2.36. The third-order valence-corrected chi connectivity index (χ3v) is 2.50. The molecule has 0 fully saturated rings. The lowest BCUT2D eigenvalue weighted by Crippen LogP contribution is -2.19. The summed E-state index contributed by atoms with van der Waals surface area (Å²) in [6.45, 7) is 8.04. The minimum Gasteiger partial charge on any atom is -0.483 e. The number of ether oxygens (including phenoxy) is 1. The van der Waals surface area contributed by atoms with Crippen molar-refractivity contribution in [1.29, 1.82) is 0 Å².